The molecule has 7 nitrogen and oxygen atoms in total. The molecule has 0 unspecified atom stereocenters. The van der Waals surface area contributed by atoms with Crippen LogP contribution in [0.5, 0.6) is 0 Å². The number of carbonyl (C=O) groups excluding carboxylic acids is 1. The monoisotopic (exact) mass is 257 g/mol. The molecule has 1 N–H and O–H groups in total. The van der Waals surface area contributed by atoms with Gasteiger partial charge in [-0.15, -0.1) is 0 Å². The summed E-state index contributed by atoms with van der Waals surface area (Å²) in [5.74, 6) is 0.732. The van der Waals surface area contributed by atoms with Crippen molar-refractivity contribution in [2.75, 3.05) is 11.9 Å². The molecule has 0 radical (unpaired) electrons. The topological polar surface area (TPSA) is 92.8 Å². The Balaban J connectivity index is 2.38. The van der Waals surface area contributed by atoms with Crippen LogP contribution < -0.4 is 5.32 Å². The van der Waals surface area contributed by atoms with Crippen molar-refractivity contribution in [1.82, 2.24) is 14.8 Å². The van der Waals surface area contributed by atoms with Gasteiger partial charge in [0, 0.05) is 6.20 Å². The quantitative estimate of drug-likeness (QED) is 0.903. The van der Waals surface area contributed by atoms with Gasteiger partial charge in [-0.3, -0.25) is 5.32 Å². The Hall–Kier alpha value is -2.88. The Labute approximate surface area is 109 Å². The average molecular weight is 257 g/mol. The second-order valence-corrected chi connectivity index (χ2v) is 3.46. The number of nitriles is 1. The zero-order valence-corrected chi connectivity index (χ0v) is 10.2. The fourth-order valence-electron chi connectivity index (χ4n) is 1.47. The van der Waals surface area contributed by atoms with Gasteiger partial charge in [-0.2, -0.15) is 15.0 Å². The summed E-state index contributed by atoms with van der Waals surface area (Å²) in [5.41, 5.74) is 0.235. The normalized spacial score (nSPS) is 9.68. The van der Waals surface area contributed by atoms with E-state index in [1.807, 2.05) is 6.07 Å². The first-order valence-electron chi connectivity index (χ1n) is 5.59. The van der Waals surface area contributed by atoms with Gasteiger partial charge in [-0.05, 0) is 19.1 Å². The van der Waals surface area contributed by atoms with E-state index in [0.717, 1.165) is 0 Å². The summed E-state index contributed by atoms with van der Waals surface area (Å²) in [6.07, 6.45) is 2.31. The number of nitrogens with one attached hydrogen (secondary N) is 1. The molecule has 2 rings (SSSR count). The molecule has 96 valence electrons. The summed E-state index contributed by atoms with van der Waals surface area (Å²) in [7, 11) is 0. The maximum absolute atomic E-state index is 11.5. The molecule has 0 atom stereocenters. The molecule has 2 heterocycles. The second-order valence-electron chi connectivity index (χ2n) is 3.46. The molecule has 2 aromatic rings. The van der Waals surface area contributed by atoms with Crippen molar-refractivity contribution in [1.29, 1.82) is 5.26 Å². The lowest BCUT2D eigenvalue weighted by atomic mass is 10.3. The van der Waals surface area contributed by atoms with Gasteiger partial charge in [-0.1, -0.05) is 6.07 Å². The number of hydrogen-bond acceptors (Lipinski definition) is 5. The highest BCUT2D eigenvalue weighted by Crippen LogP contribution is 2.18. The number of amides is 1. The van der Waals surface area contributed by atoms with Crippen LogP contribution in [0.25, 0.3) is 5.82 Å². The van der Waals surface area contributed by atoms with Crippen LogP contribution in [0.3, 0.4) is 0 Å². The zero-order valence-electron chi connectivity index (χ0n) is 10.2. The summed E-state index contributed by atoms with van der Waals surface area (Å²) in [6.45, 7) is 1.94. The van der Waals surface area contributed by atoms with Crippen LogP contribution in [0.1, 0.15) is 12.5 Å². The molecule has 1 amide bonds. The van der Waals surface area contributed by atoms with Crippen LogP contribution in [0, 0.1) is 11.3 Å². The van der Waals surface area contributed by atoms with Crippen molar-refractivity contribution in [3.05, 3.63) is 36.2 Å². The van der Waals surface area contributed by atoms with E-state index in [0.29, 0.717) is 5.82 Å². The van der Waals surface area contributed by atoms with Gasteiger partial charge in [-0.25, -0.2) is 9.78 Å². The molecule has 0 saturated carbocycles. The predicted octanol–water partition coefficient (Wildman–Crippen LogP) is 1.71. The number of rotatable bonds is 3. The van der Waals surface area contributed by atoms with Gasteiger partial charge >= 0.3 is 6.09 Å². The van der Waals surface area contributed by atoms with Crippen LogP contribution in [0.2, 0.25) is 0 Å². The molecular weight excluding hydrogens is 246 g/mol. The van der Waals surface area contributed by atoms with Gasteiger partial charge in [0.1, 0.15) is 11.6 Å². The van der Waals surface area contributed by atoms with E-state index in [4.69, 9.17) is 10.00 Å². The number of aromatic nitrogens is 3. The summed E-state index contributed by atoms with van der Waals surface area (Å²) in [4.78, 5) is 15.6. The summed E-state index contributed by atoms with van der Waals surface area (Å²) >= 11 is 0. The van der Waals surface area contributed by atoms with Gasteiger partial charge in [0.15, 0.2) is 11.6 Å². The molecule has 0 fully saturated rings. The van der Waals surface area contributed by atoms with Crippen LogP contribution in [0.4, 0.5) is 10.6 Å². The Morgan fingerprint density at radius 3 is 3.05 bits per heavy atom. The number of pyridine rings is 1. The molecule has 0 spiro atoms. The number of ether oxygens (including phenoxy) is 1. The maximum atomic E-state index is 11.5. The van der Waals surface area contributed by atoms with Crippen molar-refractivity contribution < 1.29 is 9.53 Å². The molecular formula is C12H11N5O2. The largest absolute Gasteiger partial charge is 0.450 e. The standard InChI is InChI=1S/C12H11N5O2/c1-2-19-12(18)16-11-9(7-13)8-15-17(11)10-5-3-4-6-14-10/h3-6,8H,2H2,1H3,(H,16,18). The molecule has 7 heteroatoms. The third kappa shape index (κ3) is 2.69. The molecule has 0 aliphatic heterocycles. The molecule has 2 aromatic heterocycles. The van der Waals surface area contributed by atoms with Crippen molar-refractivity contribution >= 4 is 11.9 Å². The SMILES string of the molecule is CCOC(=O)Nc1c(C#N)cnn1-c1ccccn1. The van der Waals surface area contributed by atoms with Gasteiger partial charge in [0.05, 0.1) is 12.8 Å². The summed E-state index contributed by atoms with van der Waals surface area (Å²) in [6, 6.07) is 7.21. The van der Waals surface area contributed by atoms with Crippen LogP contribution >= 0.6 is 0 Å². The van der Waals surface area contributed by atoms with Gasteiger partial charge in [0.25, 0.3) is 0 Å². The summed E-state index contributed by atoms with van der Waals surface area (Å²) < 4.78 is 6.16. The van der Waals surface area contributed by atoms with E-state index >= 15 is 0 Å². The van der Waals surface area contributed by atoms with Crippen molar-refractivity contribution in [3.63, 3.8) is 0 Å². The second kappa shape index (κ2) is 5.64. The number of anilines is 1. The highest BCUT2D eigenvalue weighted by atomic mass is 16.5. The number of hydrogen-bond donors (Lipinski definition) is 1. The fourth-order valence-corrected chi connectivity index (χ4v) is 1.47. The van der Waals surface area contributed by atoms with E-state index in [2.05, 4.69) is 15.4 Å². The molecule has 0 saturated heterocycles. The lowest BCUT2D eigenvalue weighted by Crippen LogP contribution is -2.17. The van der Waals surface area contributed by atoms with E-state index in [-0.39, 0.29) is 18.0 Å². The smallest absolute Gasteiger partial charge is 0.412 e. The van der Waals surface area contributed by atoms with E-state index in [1.54, 1.807) is 31.3 Å². The first-order valence-corrected chi connectivity index (χ1v) is 5.59. The Kier molecular flexibility index (Phi) is 3.73. The Morgan fingerprint density at radius 1 is 1.58 bits per heavy atom. The third-order valence-corrected chi connectivity index (χ3v) is 2.25. The van der Waals surface area contributed by atoms with E-state index in [1.165, 1.54) is 10.9 Å². The average Bonchev–Trinajstić information content (AvgIpc) is 2.82. The highest BCUT2D eigenvalue weighted by Gasteiger charge is 2.15. The van der Waals surface area contributed by atoms with Gasteiger partial charge < -0.3 is 4.74 Å². The fraction of sp³-hybridized carbons (Fsp3) is 0.167. The molecule has 0 aliphatic carbocycles. The van der Waals surface area contributed by atoms with Crippen LogP contribution in [-0.4, -0.2) is 27.5 Å². The minimum atomic E-state index is -0.642. The first-order chi connectivity index (χ1) is 9.26. The third-order valence-electron chi connectivity index (χ3n) is 2.25. The highest BCUT2D eigenvalue weighted by molar-refractivity contribution is 5.85. The first kappa shape index (κ1) is 12.6. The number of carbonyl (C=O) groups is 1. The minimum Gasteiger partial charge on any atom is -0.450 e. The van der Waals surface area contributed by atoms with Crippen molar-refractivity contribution in [2.45, 2.75) is 6.92 Å². The van der Waals surface area contributed by atoms with Crippen LogP contribution in [-0.2, 0) is 4.74 Å². The lowest BCUT2D eigenvalue weighted by molar-refractivity contribution is 0.167. The van der Waals surface area contributed by atoms with E-state index < -0.39 is 6.09 Å². The predicted molar refractivity (Wildman–Crippen MR) is 66.7 cm³/mol. The minimum absolute atomic E-state index is 0.235. The maximum Gasteiger partial charge on any atom is 0.412 e. The van der Waals surface area contributed by atoms with Crippen molar-refractivity contribution in [3.8, 4) is 11.9 Å². The van der Waals surface area contributed by atoms with E-state index in [9.17, 15) is 4.79 Å². The van der Waals surface area contributed by atoms with Gasteiger partial charge in [0.2, 0.25) is 0 Å². The summed E-state index contributed by atoms with van der Waals surface area (Å²) in [5, 5.41) is 15.5. The Bertz CT molecular complexity index is 615. The Morgan fingerprint density at radius 2 is 2.42 bits per heavy atom. The van der Waals surface area contributed by atoms with Crippen molar-refractivity contribution in [2.24, 2.45) is 0 Å². The zero-order chi connectivity index (χ0) is 13.7. The van der Waals surface area contributed by atoms with Crippen LogP contribution in [0.15, 0.2) is 30.6 Å². The number of nitrogens with zero attached hydrogens (tertiary/aromatic N) is 4. The molecule has 0 bridgehead atoms. The molecule has 0 aromatic carbocycles. The molecule has 19 heavy (non-hydrogen) atoms. The molecule has 0 aliphatic rings. The lowest BCUT2D eigenvalue weighted by Gasteiger charge is -2.08.